The topological polar surface area (TPSA) is 83.1 Å². The third-order valence-corrected chi connectivity index (χ3v) is 2.55. The van der Waals surface area contributed by atoms with E-state index in [4.69, 9.17) is 15.7 Å². The van der Waals surface area contributed by atoms with E-state index < -0.39 is 0 Å². The van der Waals surface area contributed by atoms with Crippen molar-refractivity contribution in [2.75, 3.05) is 33.3 Å². The Morgan fingerprint density at radius 2 is 2.53 bits per heavy atom. The van der Waals surface area contributed by atoms with Gasteiger partial charge < -0.3 is 25.9 Å². The van der Waals surface area contributed by atoms with Crippen molar-refractivity contribution >= 4 is 5.84 Å². The van der Waals surface area contributed by atoms with E-state index in [1.165, 1.54) is 0 Å². The molecular weight excluding hydrogens is 196 g/mol. The van der Waals surface area contributed by atoms with Crippen LogP contribution in [0.3, 0.4) is 0 Å². The number of ether oxygens (including phenoxy) is 1. The summed E-state index contributed by atoms with van der Waals surface area (Å²) in [4.78, 5) is 2.23. The lowest BCUT2D eigenvalue weighted by molar-refractivity contribution is -0.0184. The second-order valence-corrected chi connectivity index (χ2v) is 3.91. The molecule has 4 N–H and O–H groups in total. The second-order valence-electron chi connectivity index (χ2n) is 3.91. The molecule has 1 fully saturated rings. The van der Waals surface area contributed by atoms with Gasteiger partial charge in [0.2, 0.25) is 0 Å². The fourth-order valence-electron chi connectivity index (χ4n) is 1.49. The number of nitrogens with one attached hydrogen (secondary N) is 1. The lowest BCUT2D eigenvalue weighted by Gasteiger charge is -2.30. The van der Waals surface area contributed by atoms with E-state index in [9.17, 15) is 0 Å². The molecule has 0 aliphatic carbocycles. The molecule has 1 aliphatic heterocycles. The third kappa shape index (κ3) is 4.03. The number of rotatable bonds is 4. The van der Waals surface area contributed by atoms with Crippen LogP contribution in [0.5, 0.6) is 0 Å². The molecule has 6 heteroatoms. The first-order chi connectivity index (χ1) is 7.13. The van der Waals surface area contributed by atoms with Crippen molar-refractivity contribution in [3.8, 4) is 0 Å². The molecule has 6 nitrogen and oxygen atoms in total. The summed E-state index contributed by atoms with van der Waals surface area (Å²) >= 11 is 0. The van der Waals surface area contributed by atoms with Crippen LogP contribution in [0.1, 0.15) is 6.92 Å². The molecule has 0 amide bonds. The summed E-state index contributed by atoms with van der Waals surface area (Å²) in [5.74, 6) is 0.194. The summed E-state index contributed by atoms with van der Waals surface area (Å²) in [6.07, 6.45) is 0.178. The molecule has 0 bridgehead atoms. The fourth-order valence-corrected chi connectivity index (χ4v) is 1.49. The van der Waals surface area contributed by atoms with Crippen molar-refractivity contribution < 1.29 is 9.94 Å². The minimum Gasteiger partial charge on any atom is -0.409 e. The van der Waals surface area contributed by atoms with Crippen LogP contribution in [0.2, 0.25) is 0 Å². The lowest BCUT2D eigenvalue weighted by atomic mass is 10.2. The molecule has 15 heavy (non-hydrogen) atoms. The number of hydrogen-bond acceptors (Lipinski definition) is 5. The van der Waals surface area contributed by atoms with Crippen molar-refractivity contribution in [2.24, 2.45) is 10.9 Å². The van der Waals surface area contributed by atoms with Gasteiger partial charge in [0.05, 0.1) is 18.8 Å². The lowest BCUT2D eigenvalue weighted by Crippen LogP contribution is -2.48. The van der Waals surface area contributed by atoms with Crippen LogP contribution < -0.4 is 11.1 Å². The number of likely N-dealkylation sites (N-methyl/N-ethyl adjacent to an activating group) is 1. The number of oxime groups is 1. The van der Waals surface area contributed by atoms with Gasteiger partial charge in [-0.15, -0.1) is 0 Å². The van der Waals surface area contributed by atoms with E-state index in [2.05, 4.69) is 22.4 Å². The second kappa shape index (κ2) is 5.89. The summed E-state index contributed by atoms with van der Waals surface area (Å²) in [6.45, 7) is 5.21. The number of nitrogens with zero attached hydrogens (tertiary/aromatic N) is 2. The summed E-state index contributed by atoms with van der Waals surface area (Å²) in [5, 5.41) is 14.6. The molecule has 88 valence electrons. The van der Waals surface area contributed by atoms with Gasteiger partial charge in [-0.1, -0.05) is 5.16 Å². The van der Waals surface area contributed by atoms with Crippen LogP contribution in [0.15, 0.2) is 5.16 Å². The minimum absolute atomic E-state index is 0.133. The average molecular weight is 216 g/mol. The fraction of sp³-hybridized carbons (Fsp3) is 0.889. The van der Waals surface area contributed by atoms with E-state index in [1.807, 2.05) is 6.92 Å². The maximum atomic E-state index is 8.47. The first kappa shape index (κ1) is 12.2. The molecular formula is C9H20N4O2. The predicted molar refractivity (Wildman–Crippen MR) is 58.1 cm³/mol. The van der Waals surface area contributed by atoms with Gasteiger partial charge in [-0.25, -0.2) is 0 Å². The third-order valence-electron chi connectivity index (χ3n) is 2.55. The van der Waals surface area contributed by atoms with Crippen molar-refractivity contribution in [1.82, 2.24) is 10.2 Å². The highest BCUT2D eigenvalue weighted by Gasteiger charge is 2.18. The van der Waals surface area contributed by atoms with Crippen LogP contribution in [-0.4, -0.2) is 61.4 Å². The standard InChI is InChI=1S/C9H20N4O2/c1-7(9(10)12-14)11-5-8-6-13(2)3-4-15-8/h7-8,11,14H,3-6H2,1-2H3,(H2,10,12). The van der Waals surface area contributed by atoms with Gasteiger partial charge in [-0.3, -0.25) is 0 Å². The van der Waals surface area contributed by atoms with Crippen molar-refractivity contribution in [3.05, 3.63) is 0 Å². The van der Waals surface area contributed by atoms with Gasteiger partial charge in [0.15, 0.2) is 5.84 Å². The zero-order valence-electron chi connectivity index (χ0n) is 9.31. The van der Waals surface area contributed by atoms with Crippen molar-refractivity contribution in [3.63, 3.8) is 0 Å². The van der Waals surface area contributed by atoms with Gasteiger partial charge in [-0.05, 0) is 14.0 Å². The van der Waals surface area contributed by atoms with Crippen molar-refractivity contribution in [2.45, 2.75) is 19.1 Å². The summed E-state index contributed by atoms with van der Waals surface area (Å²) < 4.78 is 5.56. The molecule has 1 saturated heterocycles. The van der Waals surface area contributed by atoms with Crippen LogP contribution in [0.25, 0.3) is 0 Å². The molecule has 1 rings (SSSR count). The van der Waals surface area contributed by atoms with Gasteiger partial charge in [-0.2, -0.15) is 0 Å². The van der Waals surface area contributed by atoms with Gasteiger partial charge in [0, 0.05) is 19.6 Å². The molecule has 0 radical (unpaired) electrons. The highest BCUT2D eigenvalue weighted by molar-refractivity contribution is 5.84. The molecule has 0 spiro atoms. The molecule has 1 aliphatic rings. The van der Waals surface area contributed by atoms with Gasteiger partial charge >= 0.3 is 0 Å². The molecule has 0 aromatic heterocycles. The Kier molecular flexibility index (Phi) is 4.80. The van der Waals surface area contributed by atoms with Crippen LogP contribution >= 0.6 is 0 Å². The normalized spacial score (nSPS) is 26.5. The van der Waals surface area contributed by atoms with E-state index >= 15 is 0 Å². The summed E-state index contributed by atoms with van der Waals surface area (Å²) in [7, 11) is 2.07. The molecule has 1 heterocycles. The van der Waals surface area contributed by atoms with Crippen molar-refractivity contribution in [1.29, 1.82) is 0 Å². The number of nitrogens with two attached hydrogens (primary N) is 1. The molecule has 2 unspecified atom stereocenters. The predicted octanol–water partition coefficient (Wildman–Crippen LogP) is -0.958. The molecule has 2 atom stereocenters. The Morgan fingerprint density at radius 3 is 3.13 bits per heavy atom. The van der Waals surface area contributed by atoms with Crippen LogP contribution in [-0.2, 0) is 4.74 Å². The maximum absolute atomic E-state index is 8.47. The summed E-state index contributed by atoms with van der Waals surface area (Å²) in [5.41, 5.74) is 5.45. The van der Waals surface area contributed by atoms with Gasteiger partial charge in [0.1, 0.15) is 0 Å². The number of amidine groups is 1. The van der Waals surface area contributed by atoms with Crippen LogP contribution in [0, 0.1) is 0 Å². The minimum atomic E-state index is -0.133. The van der Waals surface area contributed by atoms with E-state index in [-0.39, 0.29) is 18.0 Å². The molecule has 0 saturated carbocycles. The average Bonchev–Trinajstić information content (AvgIpc) is 2.25. The monoisotopic (exact) mass is 216 g/mol. The zero-order valence-corrected chi connectivity index (χ0v) is 9.31. The highest BCUT2D eigenvalue weighted by Crippen LogP contribution is 2.01. The first-order valence-corrected chi connectivity index (χ1v) is 5.14. The Bertz CT molecular complexity index is 222. The molecule has 0 aromatic rings. The van der Waals surface area contributed by atoms with Crippen LogP contribution in [0.4, 0.5) is 0 Å². The Morgan fingerprint density at radius 1 is 1.80 bits per heavy atom. The SMILES string of the molecule is CC(NCC1CN(C)CCO1)C(N)=NO. The largest absolute Gasteiger partial charge is 0.409 e. The summed E-state index contributed by atoms with van der Waals surface area (Å²) in [6, 6.07) is -0.133. The van der Waals surface area contributed by atoms with E-state index in [1.54, 1.807) is 0 Å². The Labute approximate surface area is 90.1 Å². The van der Waals surface area contributed by atoms with Gasteiger partial charge in [0.25, 0.3) is 0 Å². The Balaban J connectivity index is 2.24. The quantitative estimate of drug-likeness (QED) is 0.244. The first-order valence-electron chi connectivity index (χ1n) is 5.14. The number of morpholine rings is 1. The Hall–Kier alpha value is -0.850. The van der Waals surface area contributed by atoms with E-state index in [0.29, 0.717) is 6.54 Å². The smallest absolute Gasteiger partial charge is 0.156 e. The highest BCUT2D eigenvalue weighted by atomic mass is 16.5. The van der Waals surface area contributed by atoms with E-state index in [0.717, 1.165) is 19.7 Å². The maximum Gasteiger partial charge on any atom is 0.156 e. The zero-order chi connectivity index (χ0) is 11.3. The molecule has 0 aromatic carbocycles. The number of hydrogen-bond donors (Lipinski definition) is 3.